The SMILES string of the molecule is CC(=O)NC1CCC(c2cc(OC3CC3)c(Nc3ncc(Cl)c(Nc4cn(C)nc4S(=O)(=O)C(C)C)n3)cc2C)CC1.Cc1cc(Nc2ncc(Cl)c(Nc3cn(C)nc3S(=O)(=O)C(C)C)n2)c(OC2CC2)cc1C1=C(Cl)CN(C)CC1.Cc1cc(Nc2ncc(Cl)c(Nc3cn(C)nc3S(=O)(=O)C(C)C)n2)c(OC2CC2)cc1C1CCC(NC(=O)C2CC2)CC1. The quantitative estimate of drug-likeness (QED) is 0.0207. The number of rotatable bonds is 30. The maximum Gasteiger partial charge on any atom is 0.229 e. The number of benzene rings is 3. The number of aromatic nitrogens is 12. The minimum atomic E-state index is -3.65. The van der Waals surface area contributed by atoms with E-state index in [4.69, 9.17) is 60.6 Å². The van der Waals surface area contributed by atoms with E-state index in [9.17, 15) is 34.8 Å². The highest BCUT2D eigenvalue weighted by Crippen LogP contribution is 2.47. The Morgan fingerprint density at radius 3 is 1.10 bits per heavy atom. The molecule has 2 amide bonds. The Balaban J connectivity index is 0.000000154. The molecular weight excluding hydrogens is 1750 g/mol. The van der Waals surface area contributed by atoms with Crippen molar-refractivity contribution in [2.75, 3.05) is 52.0 Å². The molecule has 6 aromatic heterocycles. The average molecular weight is 1860 g/mol. The van der Waals surface area contributed by atoms with E-state index in [0.717, 1.165) is 184 Å². The predicted molar refractivity (Wildman–Crippen MR) is 491 cm³/mol. The maximum absolute atomic E-state index is 12.9. The van der Waals surface area contributed by atoms with Crippen molar-refractivity contribution in [2.24, 2.45) is 27.1 Å². The van der Waals surface area contributed by atoms with Gasteiger partial charge in [0.15, 0.2) is 17.5 Å². The molecule has 16 rings (SSSR count). The van der Waals surface area contributed by atoms with Gasteiger partial charge in [-0.15, -0.1) is 0 Å². The molecule has 0 unspecified atom stereocenters. The highest BCUT2D eigenvalue weighted by molar-refractivity contribution is 7.92. The van der Waals surface area contributed by atoms with Crippen molar-refractivity contribution in [3.05, 3.63) is 127 Å². The van der Waals surface area contributed by atoms with Gasteiger partial charge in [0.25, 0.3) is 0 Å². The van der Waals surface area contributed by atoms with Gasteiger partial charge in [-0.3, -0.25) is 23.6 Å². The number of carbonyl (C=O) groups excluding carboxylic acids is 2. The molecule has 676 valence electrons. The number of sulfone groups is 3. The van der Waals surface area contributed by atoms with Crippen LogP contribution < -0.4 is 56.7 Å². The van der Waals surface area contributed by atoms with Crippen LogP contribution in [0, 0.1) is 26.7 Å². The minimum absolute atomic E-state index is 0.0226. The van der Waals surface area contributed by atoms with Gasteiger partial charge >= 0.3 is 0 Å². The Bertz CT molecular complexity index is 5960. The first-order valence-electron chi connectivity index (χ1n) is 42.9. The van der Waals surface area contributed by atoms with Crippen LogP contribution in [0.5, 0.6) is 17.2 Å². The van der Waals surface area contributed by atoms with E-state index in [-0.39, 0.29) is 131 Å². The monoisotopic (exact) mass is 1860 g/mol. The van der Waals surface area contributed by atoms with Gasteiger partial charge in [0.1, 0.15) is 32.3 Å². The van der Waals surface area contributed by atoms with Crippen molar-refractivity contribution in [3.63, 3.8) is 0 Å². The lowest BCUT2D eigenvalue weighted by Gasteiger charge is -2.31. The summed E-state index contributed by atoms with van der Waals surface area (Å²) < 4.78 is 101. The number of hydrogen-bond acceptors (Lipinski definition) is 27. The highest BCUT2D eigenvalue weighted by Gasteiger charge is 2.37. The van der Waals surface area contributed by atoms with Gasteiger partial charge < -0.3 is 61.6 Å². The molecule has 1 aliphatic heterocycles. The largest absolute Gasteiger partial charge is 0.488 e. The molecule has 32 nitrogen and oxygen atoms in total. The van der Waals surface area contributed by atoms with Crippen LogP contribution >= 0.6 is 46.4 Å². The van der Waals surface area contributed by atoms with Crippen LogP contribution in [-0.4, -0.2) is 167 Å². The fraction of sp³-hybridized carbons (Fsp3) is 0.506. The third kappa shape index (κ3) is 22.7. The lowest BCUT2D eigenvalue weighted by atomic mass is 9.80. The van der Waals surface area contributed by atoms with Crippen molar-refractivity contribution in [3.8, 4) is 17.2 Å². The topological polar surface area (TPSA) is 395 Å². The lowest BCUT2D eigenvalue weighted by Crippen LogP contribution is -2.38. The van der Waals surface area contributed by atoms with Gasteiger partial charge in [-0.05, 0) is 266 Å². The minimum Gasteiger partial charge on any atom is -0.488 e. The van der Waals surface area contributed by atoms with Crippen molar-refractivity contribution < 1.29 is 49.1 Å². The zero-order valence-electron chi connectivity index (χ0n) is 73.3. The molecule has 6 aliphatic carbocycles. The van der Waals surface area contributed by atoms with Crippen molar-refractivity contribution in [1.29, 1.82) is 0 Å². The normalized spacial score (nSPS) is 18.7. The molecule has 0 bridgehead atoms. The number of amides is 2. The molecule has 9 aromatic rings. The molecule has 3 aromatic carbocycles. The Kier molecular flexibility index (Phi) is 28.5. The number of likely N-dealkylation sites (N-methyl/N-ethyl adjacent to an activating group) is 1. The van der Waals surface area contributed by atoms with Gasteiger partial charge in [-0.25, -0.2) is 40.2 Å². The highest BCUT2D eigenvalue weighted by atomic mass is 35.5. The van der Waals surface area contributed by atoms with E-state index < -0.39 is 45.3 Å². The van der Waals surface area contributed by atoms with Crippen LogP contribution in [0.3, 0.4) is 0 Å². The first-order chi connectivity index (χ1) is 59.8. The van der Waals surface area contributed by atoms with Gasteiger partial charge in [0.05, 0.1) is 86.8 Å². The van der Waals surface area contributed by atoms with E-state index in [2.05, 4.69) is 138 Å². The number of anilines is 12. The first-order valence-corrected chi connectivity index (χ1v) is 49.1. The lowest BCUT2D eigenvalue weighted by molar-refractivity contribution is -0.123. The molecule has 39 heteroatoms. The standard InChI is InChI=1S/C31H40ClN7O4S.C29H38ClN7O4S.C27H33Cl2N7O3S/c1-17(2)44(41,42)30-26(16-39(4)38-30)35-28-24(32)15-33-31(37-28)36-25-13-18(3)23(14-27(25)43-22-11-12-22)19-7-9-21(10-8-19)34-29(40)20-5-6-20;1-16(2)42(39,40)28-25(15-37(5)36-28)33-27-23(30)14-31-29(35-27)34-24-12-17(3)22(13-26(24)41-21-10-11-21)19-6-8-20(9-7-19)32-18(4)38;1-15(2)40(37,38)26-23(14-36(5)34-26)31-25-20(28)12-30-27(33-25)32-22-10-16(3)19(11-24(22)39-17-6-7-17)18-8-9-35(4)13-21(18)29/h13-17,19-22H,5-12H2,1-4H3,(H,34,40)(H2,33,35,36,37);12-16,19-21H,6-11H2,1-5H3,(H,32,38)(H2,31,33,34,35);10-12,14-15,17H,6-9,13H2,1-5H3,(H2,30,31,32,33). The number of hydrogen-bond donors (Lipinski definition) is 8. The first kappa shape index (κ1) is 92.6. The van der Waals surface area contributed by atoms with Crippen LogP contribution in [0.4, 0.5) is 69.4 Å². The number of halogens is 4. The second-order valence-corrected chi connectivity index (χ2v) is 43.7. The summed E-state index contributed by atoms with van der Waals surface area (Å²) in [6.45, 7) is 19.1. The molecule has 7 heterocycles. The van der Waals surface area contributed by atoms with E-state index in [1.165, 1.54) is 43.8 Å². The van der Waals surface area contributed by atoms with Crippen LogP contribution in [-0.2, 0) is 60.2 Å². The Morgan fingerprint density at radius 2 is 0.778 bits per heavy atom. The fourth-order valence-corrected chi connectivity index (χ4v) is 19.5. The fourth-order valence-electron chi connectivity index (χ4n) is 15.4. The molecule has 8 N–H and O–H groups in total. The number of aryl methyl sites for hydroxylation is 6. The molecule has 7 aliphatic rings. The summed E-state index contributed by atoms with van der Waals surface area (Å²) in [6.07, 6.45) is 26.6. The van der Waals surface area contributed by atoms with E-state index in [1.54, 1.807) is 88.2 Å². The summed E-state index contributed by atoms with van der Waals surface area (Å²) >= 11 is 26.0. The van der Waals surface area contributed by atoms with Crippen LogP contribution in [0.25, 0.3) is 5.57 Å². The molecule has 0 radical (unpaired) electrons. The summed E-state index contributed by atoms with van der Waals surface area (Å²) in [5, 5.41) is 37.2. The average Bonchev–Trinajstić information content (AvgIpc) is 1.33. The smallest absolute Gasteiger partial charge is 0.229 e. The molecule has 0 saturated heterocycles. The van der Waals surface area contributed by atoms with Gasteiger partial charge in [0, 0.05) is 82.8 Å². The number of ether oxygens (including phenoxy) is 3. The Labute approximate surface area is 756 Å². The Morgan fingerprint density at radius 1 is 0.437 bits per heavy atom. The number of nitrogens with one attached hydrogen (secondary N) is 8. The van der Waals surface area contributed by atoms with Crippen molar-refractivity contribution >= 4 is 163 Å². The number of nitrogens with zero attached hydrogens (tertiary/aromatic N) is 13. The zero-order valence-corrected chi connectivity index (χ0v) is 78.7. The molecule has 0 spiro atoms. The zero-order chi connectivity index (χ0) is 90.1. The second-order valence-electron chi connectivity index (χ2n) is 34.7. The molecule has 126 heavy (non-hydrogen) atoms. The summed E-state index contributed by atoms with van der Waals surface area (Å²) in [5.74, 6) is 5.05. The summed E-state index contributed by atoms with van der Waals surface area (Å²) in [5.41, 5.74) is 11.1. The summed E-state index contributed by atoms with van der Waals surface area (Å²) in [6, 6.07) is 13.0. The molecule has 6 saturated carbocycles. The summed E-state index contributed by atoms with van der Waals surface area (Å²) in [4.78, 5) is 52.7. The van der Waals surface area contributed by atoms with Gasteiger partial charge in [-0.2, -0.15) is 30.2 Å². The Hall–Kier alpha value is -9.62. The van der Waals surface area contributed by atoms with Crippen LogP contribution in [0.15, 0.2) is 93.7 Å². The second kappa shape index (κ2) is 38.7. The van der Waals surface area contributed by atoms with Gasteiger partial charge in [-0.1, -0.05) is 46.4 Å². The third-order valence-corrected chi connectivity index (χ3v) is 30.6. The number of carbonyl (C=O) groups is 2. The van der Waals surface area contributed by atoms with E-state index >= 15 is 0 Å². The van der Waals surface area contributed by atoms with Gasteiger partial charge in [0.2, 0.25) is 74.2 Å². The molecule has 6 fully saturated rings. The molecule has 0 atom stereocenters. The van der Waals surface area contributed by atoms with Crippen LogP contribution in [0.2, 0.25) is 15.1 Å². The third-order valence-electron chi connectivity index (χ3n) is 23.1. The maximum atomic E-state index is 12.9. The molecular formula is C87H111Cl4N21O11S3. The van der Waals surface area contributed by atoms with Crippen molar-refractivity contribution in [2.45, 2.75) is 251 Å². The van der Waals surface area contributed by atoms with Crippen molar-refractivity contribution in [1.82, 2.24) is 74.8 Å². The van der Waals surface area contributed by atoms with E-state index in [0.29, 0.717) is 17.6 Å². The predicted octanol–water partition coefficient (Wildman–Crippen LogP) is 17.1. The van der Waals surface area contributed by atoms with E-state index in [1.807, 2.05) is 19.1 Å². The van der Waals surface area contributed by atoms with Crippen LogP contribution in [0.1, 0.15) is 203 Å². The summed E-state index contributed by atoms with van der Waals surface area (Å²) in [7, 11) is -3.91.